The van der Waals surface area contributed by atoms with Crippen LogP contribution in [0.3, 0.4) is 0 Å². The number of amides is 2. The highest BCUT2D eigenvalue weighted by atomic mass is 32.2. The van der Waals surface area contributed by atoms with Gasteiger partial charge in [-0.3, -0.25) is 14.5 Å². The molecule has 2 aromatic carbocycles. The molecule has 4 atom stereocenters. The van der Waals surface area contributed by atoms with Gasteiger partial charge in [0.1, 0.15) is 29.5 Å². The van der Waals surface area contributed by atoms with Gasteiger partial charge in [-0.1, -0.05) is 42.5 Å². The molecule has 2 heterocycles. The summed E-state index contributed by atoms with van der Waals surface area (Å²) in [5.41, 5.74) is 2.74. The molecule has 2 aliphatic heterocycles. The van der Waals surface area contributed by atoms with Crippen LogP contribution in [0.25, 0.3) is 0 Å². The van der Waals surface area contributed by atoms with E-state index in [-0.39, 0.29) is 48.3 Å². The standard InChI is InChI=1S/C26H26N2O6S/c1-33-18-9-7-16(8-10-18)14-34-26(32)22-19-12-17(13-29)23(19)35-25-21(24(31)28(22)25)27-20(30)11-15-5-3-2-4-6-15/h2-10,17,21,23,25,29H,11-14H2,1H3,(H,27,30)/t17-,21-,23+,25-/m1/s1. The lowest BCUT2D eigenvalue weighted by Gasteiger charge is -2.56. The molecule has 9 heteroatoms. The number of fused-ring (bicyclic) bond motifs is 2. The number of esters is 1. The lowest BCUT2D eigenvalue weighted by atomic mass is 9.77. The van der Waals surface area contributed by atoms with E-state index in [4.69, 9.17) is 9.47 Å². The van der Waals surface area contributed by atoms with Crippen LogP contribution in [-0.4, -0.2) is 58.2 Å². The second-order valence-electron chi connectivity index (χ2n) is 8.81. The summed E-state index contributed by atoms with van der Waals surface area (Å²) in [6.07, 6.45) is 0.714. The summed E-state index contributed by atoms with van der Waals surface area (Å²) in [7, 11) is 1.58. The van der Waals surface area contributed by atoms with Crippen molar-refractivity contribution in [3.05, 3.63) is 77.0 Å². The first-order valence-corrected chi connectivity index (χ1v) is 12.4. The van der Waals surface area contributed by atoms with Crippen molar-refractivity contribution in [3.8, 4) is 5.75 Å². The molecule has 0 bridgehead atoms. The molecular weight excluding hydrogens is 468 g/mol. The number of aliphatic hydroxyl groups excluding tert-OH is 1. The number of nitrogens with zero attached hydrogens (tertiary/aromatic N) is 1. The molecule has 2 amide bonds. The average Bonchev–Trinajstić information content (AvgIpc) is 2.87. The fraction of sp³-hybridized carbons (Fsp3) is 0.346. The molecule has 0 radical (unpaired) electrons. The number of nitrogens with one attached hydrogen (secondary N) is 1. The van der Waals surface area contributed by atoms with Crippen LogP contribution in [0.2, 0.25) is 0 Å². The Morgan fingerprint density at radius 1 is 1.11 bits per heavy atom. The Bertz CT molecular complexity index is 1170. The van der Waals surface area contributed by atoms with Gasteiger partial charge in [-0.15, -0.1) is 11.8 Å². The Labute approximate surface area is 207 Å². The first kappa shape index (κ1) is 23.4. The minimum absolute atomic E-state index is 0.00103. The summed E-state index contributed by atoms with van der Waals surface area (Å²) < 4.78 is 10.7. The molecule has 1 saturated carbocycles. The fourth-order valence-corrected chi connectivity index (χ4v) is 6.42. The van der Waals surface area contributed by atoms with Crippen molar-refractivity contribution in [1.82, 2.24) is 10.2 Å². The number of rotatable bonds is 8. The van der Waals surface area contributed by atoms with Crippen molar-refractivity contribution in [2.75, 3.05) is 13.7 Å². The number of ether oxygens (including phenoxy) is 2. The summed E-state index contributed by atoms with van der Waals surface area (Å²) in [6.45, 7) is 0.0613. The van der Waals surface area contributed by atoms with Gasteiger partial charge in [-0.05, 0) is 35.3 Å². The highest BCUT2D eigenvalue weighted by Crippen LogP contribution is 2.54. The Morgan fingerprint density at radius 3 is 2.54 bits per heavy atom. The van der Waals surface area contributed by atoms with Crippen LogP contribution >= 0.6 is 11.8 Å². The normalized spacial score (nSPS) is 24.5. The van der Waals surface area contributed by atoms with E-state index in [2.05, 4.69) is 5.32 Å². The third-order valence-electron chi connectivity index (χ3n) is 6.61. The van der Waals surface area contributed by atoms with E-state index in [1.165, 1.54) is 16.7 Å². The third kappa shape index (κ3) is 4.41. The van der Waals surface area contributed by atoms with Crippen molar-refractivity contribution in [3.63, 3.8) is 0 Å². The van der Waals surface area contributed by atoms with Gasteiger partial charge in [0, 0.05) is 17.8 Å². The minimum Gasteiger partial charge on any atom is -0.497 e. The monoisotopic (exact) mass is 494 g/mol. The molecule has 0 aromatic heterocycles. The van der Waals surface area contributed by atoms with Gasteiger partial charge in [0.05, 0.1) is 13.5 Å². The molecule has 0 unspecified atom stereocenters. The molecule has 1 saturated heterocycles. The second kappa shape index (κ2) is 9.75. The van der Waals surface area contributed by atoms with E-state index < -0.39 is 17.4 Å². The van der Waals surface area contributed by atoms with Gasteiger partial charge in [-0.25, -0.2) is 4.79 Å². The molecule has 182 valence electrons. The molecule has 35 heavy (non-hydrogen) atoms. The van der Waals surface area contributed by atoms with E-state index in [9.17, 15) is 19.5 Å². The number of benzene rings is 2. The number of carbonyl (C=O) groups is 3. The van der Waals surface area contributed by atoms with Crippen molar-refractivity contribution >= 4 is 29.5 Å². The van der Waals surface area contributed by atoms with Crippen LogP contribution < -0.4 is 10.1 Å². The largest absolute Gasteiger partial charge is 0.497 e. The lowest BCUT2D eigenvalue weighted by Crippen LogP contribution is -2.72. The van der Waals surface area contributed by atoms with Gasteiger partial charge in [0.15, 0.2) is 0 Å². The number of carbonyl (C=O) groups excluding carboxylic acids is 3. The molecule has 2 fully saturated rings. The van der Waals surface area contributed by atoms with Gasteiger partial charge in [-0.2, -0.15) is 0 Å². The quantitative estimate of drug-likeness (QED) is 0.427. The zero-order valence-electron chi connectivity index (χ0n) is 19.2. The SMILES string of the molecule is COc1ccc(COC(=O)C2=C3C[C@H](CO)[C@@H]3S[C@@H]3[C@H](NC(=O)Cc4ccccc4)C(=O)N23)cc1. The number of aliphatic hydroxyl groups is 1. The zero-order chi connectivity index (χ0) is 24.5. The minimum atomic E-state index is -0.720. The van der Waals surface area contributed by atoms with Crippen LogP contribution in [-0.2, 0) is 32.1 Å². The maximum atomic E-state index is 13.1. The topological polar surface area (TPSA) is 105 Å². The Kier molecular flexibility index (Phi) is 6.53. The summed E-state index contributed by atoms with van der Waals surface area (Å²) in [5, 5.41) is 12.1. The molecule has 8 nitrogen and oxygen atoms in total. The van der Waals surface area contributed by atoms with Crippen molar-refractivity contribution in [2.45, 2.75) is 36.1 Å². The predicted molar refractivity (Wildman–Crippen MR) is 129 cm³/mol. The predicted octanol–water partition coefficient (Wildman–Crippen LogP) is 2.02. The Morgan fingerprint density at radius 2 is 1.86 bits per heavy atom. The second-order valence-corrected chi connectivity index (χ2v) is 10.1. The zero-order valence-corrected chi connectivity index (χ0v) is 20.0. The van der Waals surface area contributed by atoms with Crippen molar-refractivity contribution in [1.29, 1.82) is 0 Å². The van der Waals surface area contributed by atoms with Gasteiger partial charge >= 0.3 is 5.97 Å². The van der Waals surface area contributed by atoms with Crippen molar-refractivity contribution < 1.29 is 29.0 Å². The number of hydrogen-bond donors (Lipinski definition) is 2. The highest BCUT2D eigenvalue weighted by Gasteiger charge is 2.59. The first-order chi connectivity index (χ1) is 17.0. The van der Waals surface area contributed by atoms with Crippen LogP contribution in [0.4, 0.5) is 0 Å². The molecule has 1 aliphatic carbocycles. The molecule has 3 aliphatic rings. The average molecular weight is 495 g/mol. The smallest absolute Gasteiger partial charge is 0.355 e. The maximum absolute atomic E-state index is 13.1. The summed E-state index contributed by atoms with van der Waals surface area (Å²) in [4.78, 5) is 40.2. The first-order valence-electron chi connectivity index (χ1n) is 11.5. The van der Waals surface area contributed by atoms with Crippen LogP contribution in [0.5, 0.6) is 5.75 Å². The number of β-lactam (4-membered cyclic amide) rings is 1. The number of thioether (sulfide) groups is 1. The van der Waals surface area contributed by atoms with E-state index in [0.29, 0.717) is 12.2 Å². The van der Waals surface area contributed by atoms with E-state index in [0.717, 1.165) is 16.7 Å². The fourth-order valence-electron chi connectivity index (χ4n) is 4.67. The van der Waals surface area contributed by atoms with Gasteiger partial charge < -0.3 is 19.9 Å². The maximum Gasteiger partial charge on any atom is 0.355 e. The molecular formula is C26H26N2O6S. The summed E-state index contributed by atoms with van der Waals surface area (Å²) in [6, 6.07) is 15.8. The van der Waals surface area contributed by atoms with E-state index >= 15 is 0 Å². The number of hydrogen-bond acceptors (Lipinski definition) is 7. The lowest BCUT2D eigenvalue weighted by molar-refractivity contribution is -0.153. The van der Waals surface area contributed by atoms with Crippen LogP contribution in [0, 0.1) is 5.92 Å². The molecule has 5 rings (SSSR count). The third-order valence-corrected chi connectivity index (χ3v) is 8.33. The van der Waals surface area contributed by atoms with Crippen molar-refractivity contribution in [2.24, 2.45) is 5.92 Å². The summed E-state index contributed by atoms with van der Waals surface area (Å²) >= 11 is 1.51. The highest BCUT2D eigenvalue weighted by molar-refractivity contribution is 8.01. The Balaban J connectivity index is 1.29. The summed E-state index contributed by atoms with van der Waals surface area (Å²) in [5.74, 6) is -0.418. The molecule has 2 aromatic rings. The Hall–Kier alpha value is -3.30. The van der Waals surface area contributed by atoms with Crippen LogP contribution in [0.1, 0.15) is 17.5 Å². The molecule has 0 spiro atoms. The number of methoxy groups -OCH3 is 1. The van der Waals surface area contributed by atoms with Crippen LogP contribution in [0.15, 0.2) is 65.9 Å². The van der Waals surface area contributed by atoms with E-state index in [1.54, 1.807) is 19.2 Å². The molecule has 2 N–H and O–H groups in total. The van der Waals surface area contributed by atoms with Gasteiger partial charge in [0.25, 0.3) is 5.91 Å². The van der Waals surface area contributed by atoms with E-state index in [1.807, 2.05) is 42.5 Å². The van der Waals surface area contributed by atoms with Gasteiger partial charge in [0.2, 0.25) is 5.91 Å².